The Kier molecular flexibility index (Phi) is 3.29. The molecular weight excluding hydrogens is 216 g/mol. The summed E-state index contributed by atoms with van der Waals surface area (Å²) < 4.78 is 27.1. The first-order valence-corrected chi connectivity index (χ1v) is 5.60. The largest absolute Gasteiger partial charge is 0.496 e. The summed E-state index contributed by atoms with van der Waals surface area (Å²) in [4.78, 5) is -0.0199. The lowest BCUT2D eigenvalue weighted by Crippen LogP contribution is -2.12. The zero-order chi connectivity index (χ0) is 11.5. The molecule has 0 bridgehead atoms. The molecule has 5 nitrogen and oxygen atoms in total. The van der Waals surface area contributed by atoms with Crippen molar-refractivity contribution in [3.8, 4) is 11.8 Å². The third-order valence-electron chi connectivity index (χ3n) is 1.85. The molecule has 0 saturated heterocycles. The van der Waals surface area contributed by atoms with E-state index in [-0.39, 0.29) is 11.3 Å². The predicted molar refractivity (Wildman–Crippen MR) is 53.7 cm³/mol. The number of hydrogen-bond donors (Lipinski definition) is 1. The van der Waals surface area contributed by atoms with Gasteiger partial charge in [0.1, 0.15) is 5.75 Å². The van der Waals surface area contributed by atoms with Gasteiger partial charge in [-0.05, 0) is 18.2 Å². The zero-order valence-electron chi connectivity index (χ0n) is 8.10. The van der Waals surface area contributed by atoms with Gasteiger partial charge in [-0.15, -0.1) is 0 Å². The Balaban J connectivity index is 3.29. The molecule has 80 valence electrons. The fourth-order valence-corrected chi connectivity index (χ4v) is 1.72. The van der Waals surface area contributed by atoms with Crippen LogP contribution in [0.4, 0.5) is 0 Å². The third-order valence-corrected chi connectivity index (χ3v) is 2.76. The van der Waals surface area contributed by atoms with Gasteiger partial charge in [0, 0.05) is 5.56 Å². The number of hydrogen-bond acceptors (Lipinski definition) is 4. The van der Waals surface area contributed by atoms with E-state index in [1.54, 1.807) is 0 Å². The lowest BCUT2D eigenvalue weighted by Gasteiger charge is -2.06. The summed E-state index contributed by atoms with van der Waals surface area (Å²) >= 11 is 0. The SMILES string of the molecule is COc1ccc(S(N)(=O)=O)cc1CC#N. The van der Waals surface area contributed by atoms with Crippen molar-refractivity contribution >= 4 is 10.0 Å². The van der Waals surface area contributed by atoms with Crippen molar-refractivity contribution in [2.45, 2.75) is 11.3 Å². The second kappa shape index (κ2) is 4.29. The van der Waals surface area contributed by atoms with E-state index in [1.165, 1.54) is 25.3 Å². The Morgan fingerprint density at radius 3 is 2.67 bits per heavy atom. The van der Waals surface area contributed by atoms with Gasteiger partial charge in [0.05, 0.1) is 24.5 Å². The van der Waals surface area contributed by atoms with Gasteiger partial charge in [-0.1, -0.05) is 0 Å². The second-order valence-corrected chi connectivity index (χ2v) is 4.41. The highest BCUT2D eigenvalue weighted by atomic mass is 32.2. The minimum Gasteiger partial charge on any atom is -0.496 e. The van der Waals surface area contributed by atoms with Gasteiger partial charge in [-0.2, -0.15) is 5.26 Å². The molecule has 0 atom stereocenters. The van der Waals surface area contributed by atoms with Crippen LogP contribution in [0.3, 0.4) is 0 Å². The molecule has 1 rings (SSSR count). The fraction of sp³-hybridized carbons (Fsp3) is 0.222. The summed E-state index contributed by atoms with van der Waals surface area (Å²) in [5, 5.41) is 13.5. The van der Waals surface area contributed by atoms with Crippen LogP contribution in [0, 0.1) is 11.3 Å². The van der Waals surface area contributed by atoms with E-state index >= 15 is 0 Å². The summed E-state index contributed by atoms with van der Waals surface area (Å²) in [6.45, 7) is 0. The molecule has 0 amide bonds. The number of nitrogens with two attached hydrogens (primary N) is 1. The van der Waals surface area contributed by atoms with E-state index in [9.17, 15) is 8.42 Å². The van der Waals surface area contributed by atoms with Gasteiger partial charge in [0.15, 0.2) is 0 Å². The number of primary sulfonamides is 1. The van der Waals surface area contributed by atoms with Crippen molar-refractivity contribution in [1.82, 2.24) is 0 Å². The van der Waals surface area contributed by atoms with Crippen LogP contribution >= 0.6 is 0 Å². The predicted octanol–water partition coefficient (Wildman–Crippen LogP) is 0.409. The maximum absolute atomic E-state index is 11.0. The van der Waals surface area contributed by atoms with Crippen LogP contribution in [-0.4, -0.2) is 15.5 Å². The smallest absolute Gasteiger partial charge is 0.238 e. The van der Waals surface area contributed by atoms with E-state index in [0.29, 0.717) is 11.3 Å². The number of sulfonamides is 1. The molecule has 0 aliphatic rings. The van der Waals surface area contributed by atoms with Gasteiger partial charge >= 0.3 is 0 Å². The Bertz CT molecular complexity index is 503. The summed E-state index contributed by atoms with van der Waals surface area (Å²) in [6, 6.07) is 6.09. The van der Waals surface area contributed by atoms with E-state index < -0.39 is 10.0 Å². The third kappa shape index (κ3) is 2.68. The Hall–Kier alpha value is -1.58. The molecule has 6 heteroatoms. The number of methoxy groups -OCH3 is 1. The van der Waals surface area contributed by atoms with Crippen molar-refractivity contribution in [2.75, 3.05) is 7.11 Å². The van der Waals surface area contributed by atoms with Crippen molar-refractivity contribution in [3.05, 3.63) is 23.8 Å². The molecule has 2 N–H and O–H groups in total. The van der Waals surface area contributed by atoms with Crippen LogP contribution in [0.15, 0.2) is 23.1 Å². The van der Waals surface area contributed by atoms with Gasteiger partial charge in [-0.25, -0.2) is 13.6 Å². The Labute approximate surface area is 88.1 Å². The first-order chi connectivity index (χ1) is 6.99. The monoisotopic (exact) mass is 226 g/mol. The summed E-state index contributed by atoms with van der Waals surface area (Å²) in [5.41, 5.74) is 0.506. The molecular formula is C9H10N2O3S. The van der Waals surface area contributed by atoms with Crippen molar-refractivity contribution in [2.24, 2.45) is 5.14 Å². The van der Waals surface area contributed by atoms with Gasteiger partial charge in [0.2, 0.25) is 10.0 Å². The zero-order valence-corrected chi connectivity index (χ0v) is 8.91. The van der Waals surface area contributed by atoms with Gasteiger partial charge < -0.3 is 4.74 Å². The van der Waals surface area contributed by atoms with Crippen LogP contribution in [0.2, 0.25) is 0 Å². The molecule has 0 fully saturated rings. The normalized spacial score (nSPS) is 10.7. The molecule has 15 heavy (non-hydrogen) atoms. The van der Waals surface area contributed by atoms with E-state index in [4.69, 9.17) is 15.1 Å². The molecule has 0 spiro atoms. The minimum absolute atomic E-state index is 0.0199. The Morgan fingerprint density at radius 2 is 2.20 bits per heavy atom. The molecule has 0 aromatic heterocycles. The number of benzene rings is 1. The minimum atomic E-state index is -3.73. The van der Waals surface area contributed by atoms with E-state index in [0.717, 1.165) is 0 Å². The molecule has 0 heterocycles. The van der Waals surface area contributed by atoms with Gasteiger partial charge in [-0.3, -0.25) is 0 Å². The van der Waals surface area contributed by atoms with E-state index in [2.05, 4.69) is 0 Å². The van der Waals surface area contributed by atoms with Crippen LogP contribution in [-0.2, 0) is 16.4 Å². The molecule has 1 aromatic carbocycles. The lowest BCUT2D eigenvalue weighted by atomic mass is 10.1. The average molecular weight is 226 g/mol. The quantitative estimate of drug-likeness (QED) is 0.807. The number of rotatable bonds is 3. The van der Waals surface area contributed by atoms with Crippen LogP contribution in [0.25, 0.3) is 0 Å². The van der Waals surface area contributed by atoms with Crippen LogP contribution in [0.1, 0.15) is 5.56 Å². The summed E-state index contributed by atoms with van der Waals surface area (Å²) in [7, 11) is -2.28. The average Bonchev–Trinajstić information content (AvgIpc) is 2.17. The molecule has 0 unspecified atom stereocenters. The summed E-state index contributed by atoms with van der Waals surface area (Å²) in [6.07, 6.45) is 0.0759. The fourth-order valence-electron chi connectivity index (χ4n) is 1.16. The molecule has 0 aliphatic carbocycles. The van der Waals surface area contributed by atoms with Crippen molar-refractivity contribution in [3.63, 3.8) is 0 Å². The highest BCUT2D eigenvalue weighted by Gasteiger charge is 2.11. The standard InChI is InChI=1S/C9H10N2O3S/c1-14-9-3-2-8(15(11,12)13)6-7(9)4-5-10/h2-3,6H,4H2,1H3,(H2,11,12,13). The van der Waals surface area contributed by atoms with E-state index in [1.807, 2.05) is 6.07 Å². The lowest BCUT2D eigenvalue weighted by molar-refractivity contribution is 0.410. The first-order valence-electron chi connectivity index (χ1n) is 4.05. The van der Waals surface area contributed by atoms with Crippen molar-refractivity contribution in [1.29, 1.82) is 5.26 Å². The maximum atomic E-state index is 11.0. The van der Waals surface area contributed by atoms with Crippen LogP contribution < -0.4 is 9.88 Å². The molecule has 0 radical (unpaired) electrons. The molecule has 1 aromatic rings. The summed E-state index contributed by atoms with van der Waals surface area (Å²) in [5.74, 6) is 0.476. The highest BCUT2D eigenvalue weighted by molar-refractivity contribution is 7.89. The maximum Gasteiger partial charge on any atom is 0.238 e. The first kappa shape index (κ1) is 11.5. The van der Waals surface area contributed by atoms with Gasteiger partial charge in [0.25, 0.3) is 0 Å². The van der Waals surface area contributed by atoms with Crippen LogP contribution in [0.5, 0.6) is 5.75 Å². The number of nitrogens with zero attached hydrogens (tertiary/aromatic N) is 1. The number of ether oxygens (including phenoxy) is 1. The molecule has 0 saturated carbocycles. The second-order valence-electron chi connectivity index (χ2n) is 2.85. The topological polar surface area (TPSA) is 93.2 Å². The highest BCUT2D eigenvalue weighted by Crippen LogP contribution is 2.21. The van der Waals surface area contributed by atoms with Crippen molar-refractivity contribution < 1.29 is 13.2 Å². The number of nitriles is 1. The Morgan fingerprint density at radius 1 is 1.53 bits per heavy atom. The molecule has 0 aliphatic heterocycles.